The molecule has 2 aromatic heterocycles. The van der Waals surface area contributed by atoms with Gasteiger partial charge in [-0.2, -0.15) is 0 Å². The molecule has 2 atom stereocenters. The number of nitrogens with one attached hydrogen (secondary N) is 1. The van der Waals surface area contributed by atoms with Crippen LogP contribution in [0.15, 0.2) is 42.9 Å². The summed E-state index contributed by atoms with van der Waals surface area (Å²) in [6.07, 6.45) is 5.78. The van der Waals surface area contributed by atoms with Crippen LogP contribution in [0.2, 0.25) is 0 Å². The zero-order valence-corrected chi connectivity index (χ0v) is 12.1. The molecule has 0 radical (unpaired) electrons. The van der Waals surface area contributed by atoms with Crippen molar-refractivity contribution in [3.05, 3.63) is 54.4 Å². The maximum Gasteiger partial charge on any atom is 0.225 e. The highest BCUT2D eigenvalue weighted by Crippen LogP contribution is 2.70. The van der Waals surface area contributed by atoms with E-state index >= 15 is 0 Å². The number of primary amides is 1. The van der Waals surface area contributed by atoms with Crippen LogP contribution in [-0.4, -0.2) is 33.9 Å². The molecule has 2 aliphatic rings. The van der Waals surface area contributed by atoms with Gasteiger partial charge in [-0.05, 0) is 30.5 Å². The second-order valence-electron chi connectivity index (χ2n) is 6.06. The van der Waals surface area contributed by atoms with E-state index in [0.29, 0.717) is 12.2 Å². The molecule has 1 saturated carbocycles. The lowest BCUT2D eigenvalue weighted by Crippen LogP contribution is -2.54. The van der Waals surface area contributed by atoms with Gasteiger partial charge in [0, 0.05) is 31.7 Å². The molecule has 4 rings (SSSR count). The SMILES string of the molecule is NC(=O)C1(C2CNC2)CC1(c1ccccn1)c1ncccn1. The van der Waals surface area contributed by atoms with E-state index in [2.05, 4.69) is 20.3 Å². The summed E-state index contributed by atoms with van der Waals surface area (Å²) in [6.45, 7) is 1.59. The number of nitrogens with two attached hydrogens (primary N) is 1. The smallest absolute Gasteiger partial charge is 0.225 e. The highest BCUT2D eigenvalue weighted by Gasteiger charge is 2.78. The summed E-state index contributed by atoms with van der Waals surface area (Å²) >= 11 is 0. The zero-order chi connectivity index (χ0) is 15.2. The molecule has 1 aliphatic carbocycles. The number of amides is 1. The van der Waals surface area contributed by atoms with Crippen LogP contribution in [0, 0.1) is 11.3 Å². The number of nitrogens with zero attached hydrogens (tertiary/aromatic N) is 3. The molecule has 1 amide bonds. The van der Waals surface area contributed by atoms with Crippen molar-refractivity contribution in [1.29, 1.82) is 0 Å². The Bertz CT molecular complexity index is 661. The van der Waals surface area contributed by atoms with Crippen LogP contribution in [0.3, 0.4) is 0 Å². The Morgan fingerprint density at radius 2 is 1.86 bits per heavy atom. The van der Waals surface area contributed by atoms with Crippen LogP contribution in [0.1, 0.15) is 17.9 Å². The van der Waals surface area contributed by atoms with Gasteiger partial charge in [0.1, 0.15) is 5.82 Å². The minimum atomic E-state index is -0.645. The van der Waals surface area contributed by atoms with E-state index in [0.717, 1.165) is 18.8 Å². The lowest BCUT2D eigenvalue weighted by Gasteiger charge is -2.36. The van der Waals surface area contributed by atoms with Crippen LogP contribution in [0.4, 0.5) is 0 Å². The summed E-state index contributed by atoms with van der Waals surface area (Å²) in [5, 5.41) is 3.23. The highest BCUT2D eigenvalue weighted by molar-refractivity contribution is 5.89. The lowest BCUT2D eigenvalue weighted by molar-refractivity contribution is -0.126. The van der Waals surface area contributed by atoms with Gasteiger partial charge in [-0.3, -0.25) is 9.78 Å². The van der Waals surface area contributed by atoms with E-state index in [1.165, 1.54) is 0 Å². The van der Waals surface area contributed by atoms with E-state index in [1.807, 2.05) is 18.2 Å². The number of aromatic nitrogens is 3. The molecule has 22 heavy (non-hydrogen) atoms. The van der Waals surface area contributed by atoms with Crippen LogP contribution in [-0.2, 0) is 10.2 Å². The fourth-order valence-electron chi connectivity index (χ4n) is 3.85. The van der Waals surface area contributed by atoms with Crippen molar-refractivity contribution in [1.82, 2.24) is 20.3 Å². The van der Waals surface area contributed by atoms with Crippen molar-refractivity contribution in [3.63, 3.8) is 0 Å². The standard InChI is InChI=1S/C16H17N5O/c17-13(22)15(11-8-18-9-11)10-16(15,12-4-1-2-5-19-12)14-20-6-3-7-21-14/h1-7,11,18H,8-10H2,(H2,17,22). The summed E-state index contributed by atoms with van der Waals surface area (Å²) in [7, 11) is 0. The summed E-state index contributed by atoms with van der Waals surface area (Å²) in [6, 6.07) is 7.50. The largest absolute Gasteiger partial charge is 0.369 e. The lowest BCUT2D eigenvalue weighted by atomic mass is 9.75. The van der Waals surface area contributed by atoms with Gasteiger partial charge in [-0.15, -0.1) is 0 Å². The van der Waals surface area contributed by atoms with Crippen LogP contribution in [0.5, 0.6) is 0 Å². The molecule has 6 heteroatoms. The Morgan fingerprint density at radius 3 is 2.41 bits per heavy atom. The van der Waals surface area contributed by atoms with Crippen molar-refractivity contribution in [2.45, 2.75) is 11.8 Å². The average molecular weight is 295 g/mol. The molecule has 0 aromatic carbocycles. The number of hydrogen-bond donors (Lipinski definition) is 2. The predicted molar refractivity (Wildman–Crippen MR) is 79.7 cm³/mol. The predicted octanol–water partition coefficient (Wildman–Crippen LogP) is 0.252. The summed E-state index contributed by atoms with van der Waals surface area (Å²) in [5.41, 5.74) is 5.42. The van der Waals surface area contributed by atoms with E-state index in [4.69, 9.17) is 5.73 Å². The van der Waals surface area contributed by atoms with Crippen LogP contribution in [0.25, 0.3) is 0 Å². The minimum absolute atomic E-state index is 0.204. The van der Waals surface area contributed by atoms with Crippen molar-refractivity contribution in [2.24, 2.45) is 17.1 Å². The van der Waals surface area contributed by atoms with Crippen molar-refractivity contribution in [2.75, 3.05) is 13.1 Å². The molecule has 2 aromatic rings. The van der Waals surface area contributed by atoms with E-state index in [9.17, 15) is 4.79 Å². The summed E-state index contributed by atoms with van der Waals surface area (Å²) < 4.78 is 0. The normalized spacial score (nSPS) is 30.5. The summed E-state index contributed by atoms with van der Waals surface area (Å²) in [5.74, 6) is 0.562. The molecule has 0 bridgehead atoms. The first-order chi connectivity index (χ1) is 10.7. The molecule has 2 unspecified atom stereocenters. The molecule has 1 aliphatic heterocycles. The van der Waals surface area contributed by atoms with E-state index in [1.54, 1.807) is 24.7 Å². The first-order valence-electron chi connectivity index (χ1n) is 7.41. The van der Waals surface area contributed by atoms with Gasteiger partial charge in [0.2, 0.25) is 5.91 Å². The first kappa shape index (κ1) is 13.3. The Kier molecular flexibility index (Phi) is 2.77. The second kappa shape index (κ2) is 4.58. The summed E-state index contributed by atoms with van der Waals surface area (Å²) in [4.78, 5) is 25.7. The molecular formula is C16H17N5O. The Hall–Kier alpha value is -2.34. The Balaban J connectivity index is 1.91. The van der Waals surface area contributed by atoms with Gasteiger partial charge in [0.15, 0.2) is 0 Å². The molecule has 112 valence electrons. The Morgan fingerprint density at radius 1 is 1.14 bits per heavy atom. The number of carbonyl (C=O) groups is 1. The van der Waals surface area contributed by atoms with Crippen molar-refractivity contribution in [3.8, 4) is 0 Å². The monoisotopic (exact) mass is 295 g/mol. The molecule has 2 fully saturated rings. The first-order valence-corrected chi connectivity index (χ1v) is 7.41. The third-order valence-corrected chi connectivity index (χ3v) is 5.15. The number of hydrogen-bond acceptors (Lipinski definition) is 5. The van der Waals surface area contributed by atoms with E-state index < -0.39 is 10.8 Å². The number of carbonyl (C=O) groups excluding carboxylic acids is 1. The topological polar surface area (TPSA) is 93.8 Å². The average Bonchev–Trinajstić information content (AvgIpc) is 3.20. The van der Waals surface area contributed by atoms with Crippen LogP contribution < -0.4 is 11.1 Å². The fourth-order valence-corrected chi connectivity index (χ4v) is 3.85. The fraction of sp³-hybridized carbons (Fsp3) is 0.375. The van der Waals surface area contributed by atoms with Crippen molar-refractivity contribution < 1.29 is 4.79 Å². The third kappa shape index (κ3) is 1.53. The third-order valence-electron chi connectivity index (χ3n) is 5.15. The molecule has 3 N–H and O–H groups in total. The van der Waals surface area contributed by atoms with Crippen molar-refractivity contribution >= 4 is 5.91 Å². The second-order valence-corrected chi connectivity index (χ2v) is 6.06. The molecule has 3 heterocycles. The minimum Gasteiger partial charge on any atom is -0.369 e. The number of pyridine rings is 1. The van der Waals surface area contributed by atoms with Gasteiger partial charge < -0.3 is 11.1 Å². The van der Waals surface area contributed by atoms with Gasteiger partial charge >= 0.3 is 0 Å². The Labute approximate surface area is 128 Å². The molecule has 0 spiro atoms. The highest BCUT2D eigenvalue weighted by atomic mass is 16.1. The zero-order valence-electron chi connectivity index (χ0n) is 12.1. The molecule has 6 nitrogen and oxygen atoms in total. The molecule has 1 saturated heterocycles. The van der Waals surface area contributed by atoms with E-state index in [-0.39, 0.29) is 11.8 Å². The quantitative estimate of drug-likeness (QED) is 0.843. The van der Waals surface area contributed by atoms with Crippen LogP contribution >= 0.6 is 0 Å². The number of rotatable bonds is 4. The maximum atomic E-state index is 12.4. The van der Waals surface area contributed by atoms with Gasteiger partial charge in [-0.1, -0.05) is 6.07 Å². The molecular weight excluding hydrogens is 278 g/mol. The van der Waals surface area contributed by atoms with Gasteiger partial charge in [0.05, 0.1) is 16.5 Å². The maximum absolute atomic E-state index is 12.4. The van der Waals surface area contributed by atoms with Gasteiger partial charge in [0.25, 0.3) is 0 Å². The van der Waals surface area contributed by atoms with Gasteiger partial charge in [-0.25, -0.2) is 9.97 Å².